The summed E-state index contributed by atoms with van der Waals surface area (Å²) in [5, 5.41) is 22.4. The number of tetrazole rings is 1. The van der Waals surface area contributed by atoms with Crippen LogP contribution in [0.4, 0.5) is 8.78 Å². The van der Waals surface area contributed by atoms with Gasteiger partial charge in [-0.1, -0.05) is 24.3 Å². The van der Waals surface area contributed by atoms with Gasteiger partial charge in [-0.15, -0.1) is 5.10 Å². The van der Waals surface area contributed by atoms with Crippen LogP contribution in [-0.4, -0.2) is 48.8 Å². The van der Waals surface area contributed by atoms with E-state index in [0.717, 1.165) is 0 Å². The van der Waals surface area contributed by atoms with Crippen LogP contribution in [0.25, 0.3) is 11.1 Å². The second kappa shape index (κ2) is 12.2. The number of rotatable bonds is 9. The van der Waals surface area contributed by atoms with Crippen LogP contribution in [0.2, 0.25) is 0 Å². The van der Waals surface area contributed by atoms with E-state index in [4.69, 9.17) is 4.74 Å². The number of hydrogen-bond donors (Lipinski definition) is 1. The molecule has 1 unspecified atom stereocenters. The molecular weight excluding hydrogens is 506 g/mol. The molecule has 0 saturated carbocycles. The number of hydrogen-bond acceptors (Lipinski definition) is 7. The fourth-order valence-corrected chi connectivity index (χ4v) is 4.10. The normalized spacial score (nSPS) is 12.4. The molecule has 2 aromatic carbocycles. The molecule has 0 saturated heterocycles. The Balaban J connectivity index is 2.09. The smallest absolute Gasteiger partial charge is 0.313 e. The van der Waals surface area contributed by atoms with Crippen molar-refractivity contribution in [3.8, 4) is 0 Å². The molecule has 10 heteroatoms. The van der Waals surface area contributed by atoms with Crippen LogP contribution in [-0.2, 0) is 21.4 Å². The monoisotopic (exact) mass is 538 g/mol. The summed E-state index contributed by atoms with van der Waals surface area (Å²) in [5.41, 5.74) is 2.81. The number of halogens is 2. The molecule has 0 aliphatic rings. The molecule has 3 aromatic rings. The van der Waals surface area contributed by atoms with Crippen molar-refractivity contribution in [2.75, 3.05) is 0 Å². The van der Waals surface area contributed by atoms with E-state index in [1.807, 2.05) is 0 Å². The predicted molar refractivity (Wildman–Crippen MR) is 142 cm³/mol. The standard InChI is InChI=1S/C29H32F2N4O4/c1-17-13-19(30)7-10-23(17)27(24-11-8-20(31)14-18(24)2)25(28-32-33-34-35(28)6)12-9-21(36)15-22(37)16-26(38)39-29(3,4)5/h7-14,21,36H,15-16H2,1-6H3. The molecule has 0 aliphatic heterocycles. The van der Waals surface area contributed by atoms with Crippen molar-refractivity contribution in [2.45, 2.75) is 59.2 Å². The zero-order chi connectivity index (χ0) is 28.9. The fourth-order valence-electron chi connectivity index (χ4n) is 4.10. The molecule has 0 bridgehead atoms. The quantitative estimate of drug-likeness (QED) is 0.240. The van der Waals surface area contributed by atoms with Gasteiger partial charge in [-0.2, -0.15) is 0 Å². The number of ether oxygens (including phenoxy) is 1. The highest BCUT2D eigenvalue weighted by molar-refractivity contribution is 6.02. The van der Waals surface area contributed by atoms with Gasteiger partial charge in [-0.3, -0.25) is 9.59 Å². The van der Waals surface area contributed by atoms with Crippen LogP contribution < -0.4 is 0 Å². The second-order valence-electron chi connectivity index (χ2n) is 10.3. The van der Waals surface area contributed by atoms with Crippen molar-refractivity contribution in [2.24, 2.45) is 7.05 Å². The summed E-state index contributed by atoms with van der Waals surface area (Å²) in [6.45, 7) is 8.59. The molecule has 0 fully saturated rings. The summed E-state index contributed by atoms with van der Waals surface area (Å²) in [4.78, 5) is 24.4. The molecule has 8 nitrogen and oxygen atoms in total. The lowest BCUT2D eigenvalue weighted by Crippen LogP contribution is -2.26. The van der Waals surface area contributed by atoms with E-state index in [9.17, 15) is 23.5 Å². The van der Waals surface area contributed by atoms with Gasteiger partial charge in [0.05, 0.1) is 6.10 Å². The van der Waals surface area contributed by atoms with Crippen molar-refractivity contribution in [1.82, 2.24) is 20.2 Å². The van der Waals surface area contributed by atoms with Crippen LogP contribution in [0, 0.1) is 25.5 Å². The molecule has 3 rings (SSSR count). The SMILES string of the molecule is Cc1cc(F)ccc1C(=C(C=CC(O)CC(=O)CC(=O)OC(C)(C)C)c1nnnn1C)c1ccc(F)cc1C. The number of benzene rings is 2. The molecule has 206 valence electrons. The Labute approximate surface area is 226 Å². The number of esters is 1. The first-order valence-electron chi connectivity index (χ1n) is 12.3. The van der Waals surface area contributed by atoms with Gasteiger partial charge < -0.3 is 9.84 Å². The zero-order valence-corrected chi connectivity index (χ0v) is 22.8. The Morgan fingerprint density at radius 3 is 2.08 bits per heavy atom. The van der Waals surface area contributed by atoms with Gasteiger partial charge in [-0.05, 0) is 91.6 Å². The maximum absolute atomic E-state index is 14.0. The van der Waals surface area contributed by atoms with E-state index in [2.05, 4.69) is 15.5 Å². The van der Waals surface area contributed by atoms with Gasteiger partial charge in [-0.25, -0.2) is 13.5 Å². The van der Waals surface area contributed by atoms with Gasteiger partial charge in [0.2, 0.25) is 0 Å². The molecular formula is C29H32F2N4O4. The Hall–Kier alpha value is -4.05. The van der Waals surface area contributed by atoms with Crippen molar-refractivity contribution in [1.29, 1.82) is 0 Å². The van der Waals surface area contributed by atoms with E-state index >= 15 is 0 Å². The number of carbonyl (C=O) groups excluding carboxylic acids is 2. The zero-order valence-electron chi connectivity index (χ0n) is 22.8. The number of aliphatic hydroxyl groups excluding tert-OH is 1. The van der Waals surface area contributed by atoms with E-state index in [1.165, 1.54) is 35.0 Å². The maximum atomic E-state index is 14.0. The number of Topliss-reactive ketones (excluding diaryl/α,β-unsaturated/α-hetero) is 1. The van der Waals surface area contributed by atoms with E-state index in [1.54, 1.807) is 59.9 Å². The van der Waals surface area contributed by atoms with E-state index < -0.39 is 41.5 Å². The Morgan fingerprint density at radius 1 is 1.05 bits per heavy atom. The maximum Gasteiger partial charge on any atom is 0.313 e. The first-order valence-corrected chi connectivity index (χ1v) is 12.3. The van der Waals surface area contributed by atoms with Crippen LogP contribution in [0.3, 0.4) is 0 Å². The topological polar surface area (TPSA) is 107 Å². The minimum Gasteiger partial charge on any atom is -0.460 e. The molecule has 39 heavy (non-hydrogen) atoms. The van der Waals surface area contributed by atoms with Crippen molar-refractivity contribution >= 4 is 22.9 Å². The van der Waals surface area contributed by atoms with Gasteiger partial charge in [0.15, 0.2) is 5.82 Å². The number of allylic oxidation sites excluding steroid dienone is 2. The minimum atomic E-state index is -1.24. The number of aromatic nitrogens is 4. The van der Waals surface area contributed by atoms with Gasteiger partial charge in [0.1, 0.15) is 29.4 Å². The second-order valence-corrected chi connectivity index (χ2v) is 10.3. The summed E-state index contributed by atoms with van der Waals surface area (Å²) >= 11 is 0. The van der Waals surface area contributed by atoms with Crippen molar-refractivity contribution in [3.05, 3.63) is 88.3 Å². The number of aryl methyl sites for hydroxylation is 3. The third-order valence-electron chi connectivity index (χ3n) is 5.73. The molecule has 0 aliphatic carbocycles. The lowest BCUT2D eigenvalue weighted by Gasteiger charge is -2.19. The Kier molecular flexibility index (Phi) is 9.24. The molecule has 1 atom stereocenters. The average Bonchev–Trinajstić information content (AvgIpc) is 3.22. The first-order chi connectivity index (χ1) is 18.2. The Morgan fingerprint density at radius 2 is 1.62 bits per heavy atom. The largest absolute Gasteiger partial charge is 0.460 e. The summed E-state index contributed by atoms with van der Waals surface area (Å²) in [7, 11) is 1.64. The number of carbonyl (C=O) groups is 2. The highest BCUT2D eigenvalue weighted by Crippen LogP contribution is 2.36. The number of nitrogens with zero attached hydrogens (tertiary/aromatic N) is 4. The Bertz CT molecular complexity index is 1380. The third kappa shape index (κ3) is 7.97. The molecule has 0 amide bonds. The highest BCUT2D eigenvalue weighted by Gasteiger charge is 2.22. The van der Waals surface area contributed by atoms with Gasteiger partial charge in [0, 0.05) is 24.6 Å². The lowest BCUT2D eigenvalue weighted by atomic mass is 9.87. The number of ketones is 1. The average molecular weight is 539 g/mol. The summed E-state index contributed by atoms with van der Waals surface area (Å²) in [5.74, 6) is -1.67. The summed E-state index contributed by atoms with van der Waals surface area (Å²) in [6.07, 6.45) is 0.946. The number of aliphatic hydroxyl groups is 1. The minimum absolute atomic E-state index is 0.319. The molecule has 1 N–H and O–H groups in total. The first kappa shape index (κ1) is 29.5. The summed E-state index contributed by atoms with van der Waals surface area (Å²) in [6, 6.07) is 8.63. The third-order valence-corrected chi connectivity index (χ3v) is 5.73. The van der Waals surface area contributed by atoms with Crippen LogP contribution in [0.1, 0.15) is 61.7 Å². The van der Waals surface area contributed by atoms with Gasteiger partial charge in [0.25, 0.3) is 0 Å². The van der Waals surface area contributed by atoms with E-state index in [-0.39, 0.29) is 6.42 Å². The fraction of sp³-hybridized carbons (Fsp3) is 0.345. The molecule has 0 spiro atoms. The van der Waals surface area contributed by atoms with Crippen LogP contribution in [0.5, 0.6) is 0 Å². The molecule has 1 aromatic heterocycles. The predicted octanol–water partition coefficient (Wildman–Crippen LogP) is 4.67. The lowest BCUT2D eigenvalue weighted by molar-refractivity contribution is -0.156. The molecule has 1 heterocycles. The highest BCUT2D eigenvalue weighted by atomic mass is 19.1. The van der Waals surface area contributed by atoms with Crippen molar-refractivity contribution < 1.29 is 28.2 Å². The van der Waals surface area contributed by atoms with Crippen LogP contribution >= 0.6 is 0 Å². The van der Waals surface area contributed by atoms with Crippen LogP contribution in [0.15, 0.2) is 48.6 Å². The van der Waals surface area contributed by atoms with Gasteiger partial charge >= 0.3 is 5.97 Å². The van der Waals surface area contributed by atoms with E-state index in [0.29, 0.717) is 39.2 Å². The molecule has 0 radical (unpaired) electrons. The summed E-state index contributed by atoms with van der Waals surface area (Å²) < 4.78 is 34.7. The van der Waals surface area contributed by atoms with Crippen molar-refractivity contribution in [3.63, 3.8) is 0 Å².